The molecule has 2 atom stereocenters. The van der Waals surface area contributed by atoms with Gasteiger partial charge in [0.15, 0.2) is 5.75 Å². The lowest BCUT2D eigenvalue weighted by Gasteiger charge is -2.27. The monoisotopic (exact) mass is 255 g/mol. The summed E-state index contributed by atoms with van der Waals surface area (Å²) in [7, 11) is 5.54. The number of likely N-dealkylation sites (N-methyl/N-ethyl adjacent to an activating group) is 1. The zero-order valence-electron chi connectivity index (χ0n) is 12.1. The van der Waals surface area contributed by atoms with Crippen LogP contribution in [0, 0.1) is 0 Å². The molecule has 0 bridgehead atoms. The fraction of sp³-hybridized carbons (Fsp3) is 0.769. The summed E-state index contributed by atoms with van der Waals surface area (Å²) >= 11 is 0. The van der Waals surface area contributed by atoms with Crippen LogP contribution in [0.5, 0.6) is 5.75 Å². The van der Waals surface area contributed by atoms with Crippen molar-refractivity contribution in [3.63, 3.8) is 0 Å². The molecule has 1 rings (SSSR count). The minimum atomic E-state index is 0.0901. The number of rotatable bonds is 8. The van der Waals surface area contributed by atoms with Gasteiger partial charge in [0.2, 0.25) is 0 Å². The van der Waals surface area contributed by atoms with Crippen LogP contribution in [-0.2, 0) is 11.8 Å². The molecule has 1 aromatic heterocycles. The molecule has 5 nitrogen and oxygen atoms in total. The van der Waals surface area contributed by atoms with Gasteiger partial charge in [0, 0.05) is 13.7 Å². The molecule has 2 unspecified atom stereocenters. The van der Waals surface area contributed by atoms with E-state index in [1.807, 2.05) is 25.7 Å². The first-order chi connectivity index (χ1) is 8.69. The van der Waals surface area contributed by atoms with Crippen LogP contribution < -0.4 is 10.1 Å². The van der Waals surface area contributed by atoms with Crippen LogP contribution in [0.4, 0.5) is 0 Å². The number of nitrogens with one attached hydrogen (secondary N) is 1. The fourth-order valence-electron chi connectivity index (χ4n) is 2.28. The summed E-state index contributed by atoms with van der Waals surface area (Å²) in [4.78, 5) is 0. The molecular weight excluding hydrogens is 230 g/mol. The number of aryl methyl sites for hydroxylation is 1. The van der Waals surface area contributed by atoms with Gasteiger partial charge in [-0.1, -0.05) is 13.3 Å². The SMILES string of the molecule is CCCC(OCC)C(NC)c1c(OC)cnn1C. The van der Waals surface area contributed by atoms with Crippen molar-refractivity contribution in [3.05, 3.63) is 11.9 Å². The normalized spacial score (nSPS) is 14.5. The molecule has 0 aliphatic rings. The number of aromatic nitrogens is 2. The van der Waals surface area contributed by atoms with Crippen molar-refractivity contribution in [2.24, 2.45) is 7.05 Å². The van der Waals surface area contributed by atoms with E-state index in [4.69, 9.17) is 9.47 Å². The predicted molar refractivity (Wildman–Crippen MR) is 71.9 cm³/mol. The first kappa shape index (κ1) is 15.0. The van der Waals surface area contributed by atoms with Gasteiger partial charge in [0.25, 0.3) is 0 Å². The van der Waals surface area contributed by atoms with Crippen LogP contribution in [0.25, 0.3) is 0 Å². The van der Waals surface area contributed by atoms with E-state index >= 15 is 0 Å². The predicted octanol–water partition coefficient (Wildman–Crippen LogP) is 1.89. The third-order valence-electron chi connectivity index (χ3n) is 3.10. The van der Waals surface area contributed by atoms with E-state index in [-0.39, 0.29) is 12.1 Å². The lowest BCUT2D eigenvalue weighted by Crippen LogP contribution is -2.33. The highest BCUT2D eigenvalue weighted by molar-refractivity contribution is 5.29. The molecule has 0 fully saturated rings. The summed E-state index contributed by atoms with van der Waals surface area (Å²) in [5.74, 6) is 0.803. The van der Waals surface area contributed by atoms with Crippen molar-refractivity contribution >= 4 is 0 Å². The van der Waals surface area contributed by atoms with E-state index in [1.165, 1.54) is 0 Å². The van der Waals surface area contributed by atoms with Gasteiger partial charge < -0.3 is 14.8 Å². The van der Waals surface area contributed by atoms with Crippen molar-refractivity contribution < 1.29 is 9.47 Å². The molecule has 0 aromatic carbocycles. The van der Waals surface area contributed by atoms with Crippen LogP contribution in [0.3, 0.4) is 0 Å². The Balaban J connectivity index is 3.01. The molecule has 5 heteroatoms. The Morgan fingerprint density at radius 3 is 2.67 bits per heavy atom. The van der Waals surface area contributed by atoms with Gasteiger partial charge >= 0.3 is 0 Å². The third kappa shape index (κ3) is 3.23. The molecule has 0 radical (unpaired) electrons. The molecule has 1 aromatic rings. The highest BCUT2D eigenvalue weighted by Crippen LogP contribution is 2.29. The summed E-state index contributed by atoms with van der Waals surface area (Å²) in [5.41, 5.74) is 1.03. The Bertz CT molecular complexity index is 346. The van der Waals surface area contributed by atoms with Crippen molar-refractivity contribution in [2.45, 2.75) is 38.8 Å². The second-order valence-corrected chi connectivity index (χ2v) is 4.27. The molecule has 0 spiro atoms. The van der Waals surface area contributed by atoms with Gasteiger partial charge in [-0.25, -0.2) is 0 Å². The average Bonchev–Trinajstić information content (AvgIpc) is 2.73. The number of nitrogens with zero attached hydrogens (tertiary/aromatic N) is 2. The van der Waals surface area contributed by atoms with E-state index in [1.54, 1.807) is 13.3 Å². The van der Waals surface area contributed by atoms with Crippen LogP contribution in [0.1, 0.15) is 38.4 Å². The molecule has 1 N–H and O–H groups in total. The Kier molecular flexibility index (Phi) is 6.15. The Hall–Kier alpha value is -1.07. The maximum atomic E-state index is 5.85. The van der Waals surface area contributed by atoms with E-state index in [9.17, 15) is 0 Å². The van der Waals surface area contributed by atoms with Gasteiger partial charge in [-0.15, -0.1) is 0 Å². The molecule has 1 heterocycles. The zero-order valence-corrected chi connectivity index (χ0v) is 12.1. The zero-order chi connectivity index (χ0) is 13.5. The Morgan fingerprint density at radius 2 is 2.17 bits per heavy atom. The van der Waals surface area contributed by atoms with Gasteiger partial charge in [-0.05, 0) is 20.4 Å². The van der Waals surface area contributed by atoms with E-state index in [0.29, 0.717) is 6.61 Å². The van der Waals surface area contributed by atoms with Gasteiger partial charge in [-0.3, -0.25) is 4.68 Å². The van der Waals surface area contributed by atoms with Gasteiger partial charge in [0.05, 0.1) is 31.1 Å². The molecule has 0 saturated heterocycles. The number of ether oxygens (including phenoxy) is 2. The topological polar surface area (TPSA) is 48.3 Å². The Labute approximate surface area is 109 Å². The molecule has 0 saturated carbocycles. The standard InChI is InChI=1S/C13H25N3O2/c1-6-8-10(18-7-2)12(14-3)13-11(17-5)9-15-16(13)4/h9-10,12,14H,6-8H2,1-5H3. The molecule has 104 valence electrons. The van der Waals surface area contributed by atoms with Gasteiger partial charge in [-0.2, -0.15) is 5.10 Å². The first-order valence-corrected chi connectivity index (χ1v) is 6.54. The van der Waals surface area contributed by atoms with Crippen LogP contribution in [-0.4, -0.2) is 36.6 Å². The smallest absolute Gasteiger partial charge is 0.161 e. The van der Waals surface area contributed by atoms with E-state index < -0.39 is 0 Å². The summed E-state index contributed by atoms with van der Waals surface area (Å²) < 4.78 is 13.1. The Morgan fingerprint density at radius 1 is 1.44 bits per heavy atom. The fourth-order valence-corrected chi connectivity index (χ4v) is 2.28. The number of methoxy groups -OCH3 is 1. The average molecular weight is 255 g/mol. The second kappa shape index (κ2) is 7.38. The van der Waals surface area contributed by atoms with E-state index in [0.717, 1.165) is 24.3 Å². The third-order valence-corrected chi connectivity index (χ3v) is 3.10. The maximum Gasteiger partial charge on any atom is 0.161 e. The largest absolute Gasteiger partial charge is 0.493 e. The van der Waals surface area contributed by atoms with Crippen molar-refractivity contribution in [1.82, 2.24) is 15.1 Å². The van der Waals surface area contributed by atoms with Crippen LogP contribution in [0.15, 0.2) is 6.20 Å². The molecule has 0 aliphatic heterocycles. The summed E-state index contributed by atoms with van der Waals surface area (Å²) in [6.07, 6.45) is 3.97. The van der Waals surface area contributed by atoms with Crippen molar-refractivity contribution in [3.8, 4) is 5.75 Å². The lowest BCUT2D eigenvalue weighted by molar-refractivity contribution is 0.0270. The second-order valence-electron chi connectivity index (χ2n) is 4.27. The lowest BCUT2D eigenvalue weighted by atomic mass is 10.0. The minimum absolute atomic E-state index is 0.0901. The first-order valence-electron chi connectivity index (χ1n) is 6.54. The van der Waals surface area contributed by atoms with Crippen molar-refractivity contribution in [1.29, 1.82) is 0 Å². The highest BCUT2D eigenvalue weighted by Gasteiger charge is 2.27. The summed E-state index contributed by atoms with van der Waals surface area (Å²) in [6.45, 7) is 4.90. The minimum Gasteiger partial charge on any atom is -0.493 e. The van der Waals surface area contributed by atoms with Gasteiger partial charge in [0.1, 0.15) is 0 Å². The molecule has 18 heavy (non-hydrogen) atoms. The molecule has 0 amide bonds. The molecular formula is C13H25N3O2. The summed E-state index contributed by atoms with van der Waals surface area (Å²) in [6, 6.07) is 0.0901. The quantitative estimate of drug-likeness (QED) is 0.770. The van der Waals surface area contributed by atoms with Crippen LogP contribution in [0.2, 0.25) is 0 Å². The van der Waals surface area contributed by atoms with Crippen molar-refractivity contribution in [2.75, 3.05) is 20.8 Å². The number of hydrogen-bond acceptors (Lipinski definition) is 4. The maximum absolute atomic E-state index is 5.85. The number of hydrogen-bond donors (Lipinski definition) is 1. The highest BCUT2D eigenvalue weighted by atomic mass is 16.5. The molecule has 0 aliphatic carbocycles. The van der Waals surface area contributed by atoms with E-state index in [2.05, 4.69) is 17.3 Å². The van der Waals surface area contributed by atoms with Crippen LogP contribution >= 0.6 is 0 Å². The summed E-state index contributed by atoms with van der Waals surface area (Å²) in [5, 5.41) is 7.58.